The highest BCUT2D eigenvalue weighted by molar-refractivity contribution is 6.08. The number of halogens is 7. The van der Waals surface area contributed by atoms with E-state index in [0.29, 0.717) is 36.7 Å². The Kier molecular flexibility index (Phi) is 10.8. The monoisotopic (exact) mass is 632 g/mol. The molecule has 10 nitrogen and oxygen atoms in total. The Bertz CT molecular complexity index is 1600. The smallest absolute Gasteiger partial charge is 0.475 e. The van der Waals surface area contributed by atoms with E-state index in [1.165, 1.54) is 10.5 Å². The van der Waals surface area contributed by atoms with Crippen LogP contribution in [0.5, 0.6) is 0 Å². The number of ether oxygens (including phenoxy) is 1. The van der Waals surface area contributed by atoms with E-state index in [2.05, 4.69) is 15.2 Å². The number of morpholine rings is 1. The Labute approximate surface area is 243 Å². The first-order valence-electron chi connectivity index (χ1n) is 12.4. The van der Waals surface area contributed by atoms with E-state index in [0.717, 1.165) is 23.9 Å². The Morgan fingerprint density at radius 2 is 1.43 bits per heavy atom. The summed E-state index contributed by atoms with van der Waals surface area (Å²) in [4.78, 5) is 37.6. The van der Waals surface area contributed by atoms with Crippen LogP contribution in [-0.4, -0.2) is 81.0 Å². The van der Waals surface area contributed by atoms with Crippen molar-refractivity contribution in [3.05, 3.63) is 78.1 Å². The highest BCUT2D eigenvalue weighted by Gasteiger charge is 2.38. The summed E-state index contributed by atoms with van der Waals surface area (Å²) in [5.41, 5.74) is 1.59. The standard InChI is InChI=1S/C23H21FN4O2.2C2HF3O2/c24-18-8-4-10-28-21(18)20(15-27-11-13-30-14-12-27)25-22(28)23(29)26-19-9-3-6-16-5-1-2-7-17(16)19;2*3-2(4,5)1(6)7/h1-10H,11-15H2,(H,26,29);2*(H,6,7). The number of aromatic nitrogens is 2. The van der Waals surface area contributed by atoms with E-state index in [1.54, 1.807) is 12.3 Å². The van der Waals surface area contributed by atoms with Gasteiger partial charge in [-0.05, 0) is 23.6 Å². The molecule has 44 heavy (non-hydrogen) atoms. The van der Waals surface area contributed by atoms with Crippen molar-refractivity contribution in [2.24, 2.45) is 0 Å². The summed E-state index contributed by atoms with van der Waals surface area (Å²) in [7, 11) is 0. The van der Waals surface area contributed by atoms with Crippen molar-refractivity contribution in [3.63, 3.8) is 0 Å². The van der Waals surface area contributed by atoms with Crippen molar-refractivity contribution < 1.29 is 60.1 Å². The Hall–Kier alpha value is -4.77. The third kappa shape index (κ3) is 8.87. The van der Waals surface area contributed by atoms with Gasteiger partial charge in [0.1, 0.15) is 11.3 Å². The normalized spacial score (nSPS) is 13.8. The van der Waals surface area contributed by atoms with Crippen LogP contribution in [-0.2, 0) is 20.9 Å². The van der Waals surface area contributed by atoms with Crippen LogP contribution in [0.4, 0.5) is 36.4 Å². The third-order valence-corrected chi connectivity index (χ3v) is 5.89. The number of hydrogen-bond acceptors (Lipinski definition) is 6. The van der Waals surface area contributed by atoms with E-state index in [-0.39, 0.29) is 11.7 Å². The summed E-state index contributed by atoms with van der Waals surface area (Å²) in [5.74, 6) is -6.11. The number of carboxylic acid groups (broad SMARTS) is 2. The number of carbonyl (C=O) groups is 3. The summed E-state index contributed by atoms with van der Waals surface area (Å²) in [5, 5.41) is 19.2. The van der Waals surface area contributed by atoms with Gasteiger partial charge in [-0.3, -0.25) is 14.1 Å². The van der Waals surface area contributed by atoms with Gasteiger partial charge in [0, 0.05) is 36.9 Å². The zero-order valence-corrected chi connectivity index (χ0v) is 22.3. The molecular weight excluding hydrogens is 609 g/mol. The lowest BCUT2D eigenvalue weighted by Crippen LogP contribution is -2.35. The van der Waals surface area contributed by atoms with Gasteiger partial charge in [-0.2, -0.15) is 26.3 Å². The molecule has 4 aromatic rings. The fraction of sp³-hybridized carbons (Fsp3) is 0.259. The maximum atomic E-state index is 14.7. The number of carboxylic acids is 2. The number of anilines is 1. The highest BCUT2D eigenvalue weighted by Crippen LogP contribution is 2.25. The molecule has 17 heteroatoms. The summed E-state index contributed by atoms with van der Waals surface area (Å²) < 4.78 is 85.1. The van der Waals surface area contributed by atoms with E-state index >= 15 is 0 Å². The van der Waals surface area contributed by atoms with E-state index < -0.39 is 30.1 Å². The number of carbonyl (C=O) groups excluding carboxylic acids is 1. The molecule has 1 amide bonds. The van der Waals surface area contributed by atoms with Gasteiger partial charge in [0.05, 0.1) is 18.9 Å². The first kappa shape index (κ1) is 33.7. The Morgan fingerprint density at radius 3 is 2.02 bits per heavy atom. The van der Waals surface area contributed by atoms with E-state index in [4.69, 9.17) is 24.5 Å². The highest BCUT2D eigenvalue weighted by atomic mass is 19.4. The first-order valence-corrected chi connectivity index (χ1v) is 12.4. The minimum atomic E-state index is -5.08. The van der Waals surface area contributed by atoms with Crippen molar-refractivity contribution in [3.8, 4) is 0 Å². The number of fused-ring (bicyclic) bond motifs is 2. The van der Waals surface area contributed by atoms with Crippen LogP contribution in [0.3, 0.4) is 0 Å². The molecule has 2 aromatic heterocycles. The molecule has 0 saturated carbocycles. The van der Waals surface area contributed by atoms with Crippen LogP contribution in [0.1, 0.15) is 16.3 Å². The lowest BCUT2D eigenvalue weighted by Gasteiger charge is -2.25. The summed E-state index contributed by atoms with van der Waals surface area (Å²) >= 11 is 0. The molecule has 0 aliphatic carbocycles. The van der Waals surface area contributed by atoms with Crippen molar-refractivity contribution in [2.45, 2.75) is 18.9 Å². The van der Waals surface area contributed by atoms with Crippen LogP contribution in [0.25, 0.3) is 16.3 Å². The van der Waals surface area contributed by atoms with Crippen molar-refractivity contribution in [1.82, 2.24) is 14.3 Å². The molecule has 0 bridgehead atoms. The Balaban J connectivity index is 0.000000317. The fourth-order valence-electron chi connectivity index (χ4n) is 3.92. The SMILES string of the molecule is O=C(Nc1cccc2ccccc12)c1nc(CN2CCOCC2)c2c(F)cccn12.O=C(O)C(F)(F)F.O=C(O)C(F)(F)F. The number of benzene rings is 2. The minimum absolute atomic E-state index is 0.167. The van der Waals surface area contributed by atoms with Gasteiger partial charge < -0.3 is 20.3 Å². The summed E-state index contributed by atoms with van der Waals surface area (Å²) in [6.07, 6.45) is -8.49. The largest absolute Gasteiger partial charge is 0.490 e. The Morgan fingerprint density at radius 1 is 0.864 bits per heavy atom. The second-order valence-corrected chi connectivity index (χ2v) is 8.93. The van der Waals surface area contributed by atoms with Gasteiger partial charge >= 0.3 is 24.3 Å². The quantitative estimate of drug-likeness (QED) is 0.269. The average Bonchev–Trinajstić information content (AvgIpc) is 3.33. The number of nitrogens with zero attached hydrogens (tertiary/aromatic N) is 3. The van der Waals surface area contributed by atoms with E-state index in [1.807, 2.05) is 42.5 Å². The number of nitrogens with one attached hydrogen (secondary N) is 1. The van der Waals surface area contributed by atoms with Gasteiger partial charge in [-0.25, -0.2) is 19.0 Å². The molecule has 1 aliphatic rings. The molecule has 3 N–H and O–H groups in total. The average molecular weight is 632 g/mol. The molecule has 236 valence electrons. The predicted molar refractivity (Wildman–Crippen MR) is 141 cm³/mol. The molecule has 0 unspecified atom stereocenters. The van der Waals surface area contributed by atoms with Crippen LogP contribution in [0.2, 0.25) is 0 Å². The van der Waals surface area contributed by atoms with Crippen molar-refractivity contribution in [1.29, 1.82) is 0 Å². The lowest BCUT2D eigenvalue weighted by molar-refractivity contribution is -0.193. The molecule has 0 atom stereocenters. The molecule has 1 saturated heterocycles. The van der Waals surface area contributed by atoms with Gasteiger partial charge in [-0.15, -0.1) is 0 Å². The number of hydrogen-bond donors (Lipinski definition) is 3. The predicted octanol–water partition coefficient (Wildman–Crippen LogP) is 4.98. The third-order valence-electron chi connectivity index (χ3n) is 5.89. The zero-order chi connectivity index (χ0) is 32.7. The zero-order valence-electron chi connectivity index (χ0n) is 22.3. The number of amides is 1. The number of imidazole rings is 1. The fourth-order valence-corrected chi connectivity index (χ4v) is 3.92. The maximum absolute atomic E-state index is 14.7. The van der Waals surface area contributed by atoms with Gasteiger partial charge in [0.2, 0.25) is 5.82 Å². The molecule has 1 aliphatic heterocycles. The lowest BCUT2D eigenvalue weighted by atomic mass is 10.1. The summed E-state index contributed by atoms with van der Waals surface area (Å²) in [6.45, 7) is 3.26. The molecule has 1 fully saturated rings. The second-order valence-electron chi connectivity index (χ2n) is 8.93. The number of pyridine rings is 1. The molecule has 0 spiro atoms. The number of aliphatic carboxylic acids is 2. The summed E-state index contributed by atoms with van der Waals surface area (Å²) in [6, 6.07) is 16.5. The van der Waals surface area contributed by atoms with Crippen LogP contribution < -0.4 is 5.32 Å². The maximum Gasteiger partial charge on any atom is 0.490 e. The molecule has 3 heterocycles. The molecule has 0 radical (unpaired) electrons. The van der Waals surface area contributed by atoms with Gasteiger partial charge in [-0.1, -0.05) is 36.4 Å². The number of alkyl halides is 6. The van der Waals surface area contributed by atoms with Gasteiger partial charge in [0.15, 0.2) is 0 Å². The van der Waals surface area contributed by atoms with Crippen LogP contribution in [0, 0.1) is 5.82 Å². The van der Waals surface area contributed by atoms with E-state index in [9.17, 15) is 35.5 Å². The topological polar surface area (TPSA) is 133 Å². The first-order chi connectivity index (χ1) is 20.6. The van der Waals surface area contributed by atoms with Crippen LogP contribution in [0.15, 0.2) is 60.8 Å². The van der Waals surface area contributed by atoms with Crippen LogP contribution >= 0.6 is 0 Å². The van der Waals surface area contributed by atoms with Crippen molar-refractivity contribution >= 4 is 39.8 Å². The second kappa shape index (κ2) is 14.1. The minimum Gasteiger partial charge on any atom is -0.475 e. The molecule has 2 aromatic carbocycles. The molecule has 5 rings (SSSR count). The number of rotatable bonds is 4. The van der Waals surface area contributed by atoms with Crippen molar-refractivity contribution in [2.75, 3.05) is 31.6 Å². The molecular formula is C27H23F7N4O6. The van der Waals surface area contributed by atoms with Gasteiger partial charge in [0.25, 0.3) is 5.91 Å².